The Morgan fingerprint density at radius 2 is 1.71 bits per heavy atom. The standard InChI is InChI=1S/C11H4BrF3OS/c12-7-4-17-3-6(7)11(16)10-8(14)1-5(13)2-9(10)15/h1-4H. The fraction of sp³-hybridized carbons (Fsp3) is 0. The summed E-state index contributed by atoms with van der Waals surface area (Å²) >= 11 is 4.32. The van der Waals surface area contributed by atoms with E-state index in [-0.39, 0.29) is 5.56 Å². The molecule has 0 spiro atoms. The summed E-state index contributed by atoms with van der Waals surface area (Å²) in [7, 11) is 0. The van der Waals surface area contributed by atoms with Crippen molar-refractivity contribution in [2.45, 2.75) is 0 Å². The van der Waals surface area contributed by atoms with Crippen molar-refractivity contribution in [2.24, 2.45) is 0 Å². The Labute approximate surface area is 107 Å². The van der Waals surface area contributed by atoms with Gasteiger partial charge in [-0.05, 0) is 15.9 Å². The van der Waals surface area contributed by atoms with Crippen molar-refractivity contribution < 1.29 is 18.0 Å². The van der Waals surface area contributed by atoms with Gasteiger partial charge in [-0.25, -0.2) is 13.2 Å². The van der Waals surface area contributed by atoms with Gasteiger partial charge in [0.2, 0.25) is 5.78 Å². The molecule has 0 aliphatic rings. The van der Waals surface area contributed by atoms with Gasteiger partial charge in [-0.2, -0.15) is 11.3 Å². The van der Waals surface area contributed by atoms with Crippen LogP contribution in [-0.4, -0.2) is 5.78 Å². The topological polar surface area (TPSA) is 17.1 Å². The second-order valence-electron chi connectivity index (χ2n) is 3.21. The summed E-state index contributed by atoms with van der Waals surface area (Å²) in [4.78, 5) is 11.9. The van der Waals surface area contributed by atoms with Crippen LogP contribution < -0.4 is 0 Å². The third-order valence-corrected chi connectivity index (χ3v) is 3.80. The minimum atomic E-state index is -1.20. The Balaban J connectivity index is 2.56. The van der Waals surface area contributed by atoms with Crippen LogP contribution in [0.1, 0.15) is 15.9 Å². The lowest BCUT2D eigenvalue weighted by Gasteiger charge is -2.03. The zero-order valence-corrected chi connectivity index (χ0v) is 10.5. The van der Waals surface area contributed by atoms with Crippen LogP contribution in [0.25, 0.3) is 0 Å². The molecule has 17 heavy (non-hydrogen) atoms. The molecule has 0 atom stereocenters. The molecule has 0 amide bonds. The SMILES string of the molecule is O=C(c1cscc1Br)c1c(F)cc(F)cc1F. The minimum Gasteiger partial charge on any atom is -0.288 e. The van der Waals surface area contributed by atoms with Gasteiger partial charge in [0.05, 0.1) is 5.56 Å². The fourth-order valence-electron chi connectivity index (χ4n) is 1.34. The molecule has 0 aliphatic carbocycles. The lowest BCUT2D eigenvalue weighted by molar-refractivity contribution is 0.103. The molecule has 88 valence electrons. The van der Waals surface area contributed by atoms with Crippen LogP contribution in [0.5, 0.6) is 0 Å². The van der Waals surface area contributed by atoms with Crippen molar-refractivity contribution in [3.8, 4) is 0 Å². The molecule has 1 heterocycles. The second kappa shape index (κ2) is 4.62. The molecule has 1 aromatic heterocycles. The molecule has 2 aromatic rings. The first-order chi connectivity index (χ1) is 8.00. The molecule has 0 saturated carbocycles. The molecular formula is C11H4BrF3OS. The van der Waals surface area contributed by atoms with E-state index in [1.54, 1.807) is 5.38 Å². The maximum Gasteiger partial charge on any atom is 0.200 e. The number of rotatable bonds is 2. The number of carbonyl (C=O) groups excluding carboxylic acids is 1. The summed E-state index contributed by atoms with van der Waals surface area (Å²) in [5.41, 5.74) is -0.593. The number of benzene rings is 1. The van der Waals surface area contributed by atoms with Crippen molar-refractivity contribution in [3.63, 3.8) is 0 Å². The lowest BCUT2D eigenvalue weighted by atomic mass is 10.0. The van der Waals surface area contributed by atoms with Crippen LogP contribution in [0.15, 0.2) is 27.4 Å². The highest BCUT2D eigenvalue weighted by atomic mass is 79.9. The predicted octanol–water partition coefficient (Wildman–Crippen LogP) is 4.16. The smallest absolute Gasteiger partial charge is 0.200 e. The summed E-state index contributed by atoms with van der Waals surface area (Å²) < 4.78 is 39.9. The molecule has 1 nitrogen and oxygen atoms in total. The van der Waals surface area contributed by atoms with Crippen molar-refractivity contribution in [1.82, 2.24) is 0 Å². The Kier molecular flexibility index (Phi) is 3.35. The van der Waals surface area contributed by atoms with E-state index in [9.17, 15) is 18.0 Å². The van der Waals surface area contributed by atoms with E-state index in [0.29, 0.717) is 16.6 Å². The normalized spacial score (nSPS) is 10.6. The maximum atomic E-state index is 13.4. The summed E-state index contributed by atoms with van der Waals surface area (Å²) in [5.74, 6) is -4.27. The Morgan fingerprint density at radius 1 is 1.12 bits per heavy atom. The van der Waals surface area contributed by atoms with E-state index in [1.165, 1.54) is 16.7 Å². The van der Waals surface area contributed by atoms with Gasteiger partial charge in [-0.1, -0.05) is 0 Å². The number of ketones is 1. The van der Waals surface area contributed by atoms with Gasteiger partial charge in [-0.3, -0.25) is 4.79 Å². The van der Waals surface area contributed by atoms with Gasteiger partial charge in [0.25, 0.3) is 0 Å². The lowest BCUT2D eigenvalue weighted by Crippen LogP contribution is -2.07. The van der Waals surface area contributed by atoms with Gasteiger partial charge in [-0.15, -0.1) is 0 Å². The Bertz CT molecular complexity index is 571. The first kappa shape index (κ1) is 12.3. The average Bonchev–Trinajstić information content (AvgIpc) is 2.62. The van der Waals surface area contributed by atoms with Gasteiger partial charge >= 0.3 is 0 Å². The highest BCUT2D eigenvalue weighted by Crippen LogP contribution is 2.26. The predicted molar refractivity (Wildman–Crippen MR) is 61.8 cm³/mol. The summed E-state index contributed by atoms with van der Waals surface area (Å²) in [6, 6.07) is 0.965. The molecule has 0 saturated heterocycles. The van der Waals surface area contributed by atoms with E-state index in [1.807, 2.05) is 0 Å². The third kappa shape index (κ3) is 2.28. The zero-order chi connectivity index (χ0) is 12.6. The molecule has 0 N–H and O–H groups in total. The third-order valence-electron chi connectivity index (χ3n) is 2.09. The minimum absolute atomic E-state index is 0.152. The summed E-state index contributed by atoms with van der Waals surface area (Å²) in [5, 5.41) is 3.08. The number of halogens is 4. The van der Waals surface area contributed by atoms with Crippen LogP contribution >= 0.6 is 27.3 Å². The fourth-order valence-corrected chi connectivity index (χ4v) is 2.79. The molecule has 6 heteroatoms. The molecule has 1 aromatic carbocycles. The van der Waals surface area contributed by atoms with E-state index in [4.69, 9.17) is 0 Å². The second-order valence-corrected chi connectivity index (χ2v) is 4.80. The molecule has 0 radical (unpaired) electrons. The van der Waals surface area contributed by atoms with E-state index >= 15 is 0 Å². The molecule has 0 aliphatic heterocycles. The monoisotopic (exact) mass is 320 g/mol. The molecule has 2 rings (SSSR count). The molecule has 0 unspecified atom stereocenters. The zero-order valence-electron chi connectivity index (χ0n) is 8.14. The van der Waals surface area contributed by atoms with Crippen molar-refractivity contribution in [1.29, 1.82) is 0 Å². The summed E-state index contributed by atoms with van der Waals surface area (Å²) in [6.07, 6.45) is 0. The van der Waals surface area contributed by atoms with Gasteiger partial charge < -0.3 is 0 Å². The number of thiophene rings is 1. The van der Waals surface area contributed by atoms with Crippen LogP contribution in [-0.2, 0) is 0 Å². The molecule has 0 fully saturated rings. The van der Waals surface area contributed by atoms with E-state index < -0.39 is 28.8 Å². The van der Waals surface area contributed by atoms with Gasteiger partial charge in [0.15, 0.2) is 0 Å². The number of carbonyl (C=O) groups is 1. The highest BCUT2D eigenvalue weighted by molar-refractivity contribution is 9.10. The Hall–Kier alpha value is -1.14. The highest BCUT2D eigenvalue weighted by Gasteiger charge is 2.22. The van der Waals surface area contributed by atoms with Crippen LogP contribution in [0.4, 0.5) is 13.2 Å². The molecule has 0 bridgehead atoms. The average molecular weight is 321 g/mol. The van der Waals surface area contributed by atoms with Crippen LogP contribution in [0, 0.1) is 17.5 Å². The van der Waals surface area contributed by atoms with Crippen molar-refractivity contribution >= 4 is 33.0 Å². The van der Waals surface area contributed by atoms with Crippen LogP contribution in [0.2, 0.25) is 0 Å². The van der Waals surface area contributed by atoms with E-state index in [2.05, 4.69) is 15.9 Å². The largest absolute Gasteiger partial charge is 0.288 e. The quantitative estimate of drug-likeness (QED) is 0.759. The number of hydrogen-bond acceptors (Lipinski definition) is 2. The van der Waals surface area contributed by atoms with Crippen LogP contribution in [0.3, 0.4) is 0 Å². The first-order valence-corrected chi connectivity index (χ1v) is 6.15. The van der Waals surface area contributed by atoms with E-state index in [0.717, 1.165) is 0 Å². The first-order valence-electron chi connectivity index (χ1n) is 4.41. The summed E-state index contributed by atoms with van der Waals surface area (Å²) in [6.45, 7) is 0. The number of hydrogen-bond donors (Lipinski definition) is 0. The Morgan fingerprint density at radius 3 is 2.18 bits per heavy atom. The van der Waals surface area contributed by atoms with Gasteiger partial charge in [0.1, 0.15) is 17.5 Å². The maximum absolute atomic E-state index is 13.4. The van der Waals surface area contributed by atoms with Gasteiger partial charge in [0, 0.05) is 32.9 Å². The van der Waals surface area contributed by atoms with Crippen molar-refractivity contribution in [3.05, 3.63) is 55.9 Å². The molecular weight excluding hydrogens is 317 g/mol. The van der Waals surface area contributed by atoms with Crippen molar-refractivity contribution in [2.75, 3.05) is 0 Å².